The molecule has 0 saturated carbocycles. The van der Waals surface area contributed by atoms with Crippen LogP contribution in [0, 0.1) is 0 Å². The van der Waals surface area contributed by atoms with E-state index in [0.29, 0.717) is 0 Å². The number of aryl methyl sites for hydroxylation is 1. The van der Waals surface area contributed by atoms with Gasteiger partial charge >= 0.3 is 0 Å². The Bertz CT molecular complexity index is 422. The third-order valence-electron chi connectivity index (χ3n) is 3.97. The monoisotopic (exact) mass is 274 g/mol. The lowest BCUT2D eigenvalue weighted by molar-refractivity contribution is -0.125. The Kier molecular flexibility index (Phi) is 5.18. The van der Waals surface area contributed by atoms with Crippen molar-refractivity contribution in [2.45, 2.75) is 57.5 Å². The lowest BCUT2D eigenvalue weighted by atomic mass is 9.94. The first-order chi connectivity index (χ1) is 9.57. The smallest absolute Gasteiger partial charge is 0.237 e. The van der Waals surface area contributed by atoms with Crippen LogP contribution in [-0.2, 0) is 11.2 Å². The fourth-order valence-electron chi connectivity index (χ4n) is 2.66. The second-order valence-corrected chi connectivity index (χ2v) is 6.36. The molecule has 1 heterocycles. The number of hydrogen-bond donors (Lipinski definition) is 2. The van der Waals surface area contributed by atoms with E-state index < -0.39 is 0 Å². The van der Waals surface area contributed by atoms with Gasteiger partial charge in [0.05, 0.1) is 6.04 Å². The van der Waals surface area contributed by atoms with Crippen LogP contribution in [0.1, 0.15) is 45.1 Å². The number of benzene rings is 1. The largest absolute Gasteiger partial charge is 0.350 e. The molecule has 0 radical (unpaired) electrons. The lowest BCUT2D eigenvalue weighted by Crippen LogP contribution is -2.53. The van der Waals surface area contributed by atoms with Crippen LogP contribution in [0.15, 0.2) is 30.3 Å². The SMILES string of the molecule is CC(C)(CCc1ccccc1)NC(=O)[C@@H]1CCCCN1. The molecule has 1 aliphatic heterocycles. The molecule has 2 N–H and O–H groups in total. The van der Waals surface area contributed by atoms with Gasteiger partial charge in [-0.2, -0.15) is 0 Å². The molecule has 1 aromatic carbocycles. The van der Waals surface area contributed by atoms with Crippen molar-refractivity contribution in [3.63, 3.8) is 0 Å². The third kappa shape index (κ3) is 4.64. The number of nitrogens with one attached hydrogen (secondary N) is 2. The standard InChI is InChI=1S/C17H26N2O/c1-17(2,12-11-14-8-4-3-5-9-14)19-16(20)15-10-6-7-13-18-15/h3-5,8-9,15,18H,6-7,10-13H2,1-2H3,(H,19,20)/t15-/m0/s1. The van der Waals surface area contributed by atoms with Crippen molar-refractivity contribution in [1.82, 2.24) is 10.6 Å². The molecule has 0 aromatic heterocycles. The van der Waals surface area contributed by atoms with E-state index in [0.717, 1.165) is 32.2 Å². The van der Waals surface area contributed by atoms with Crippen LogP contribution >= 0.6 is 0 Å². The molecule has 1 atom stereocenters. The minimum atomic E-state index is -0.161. The Morgan fingerprint density at radius 1 is 1.30 bits per heavy atom. The number of piperidine rings is 1. The van der Waals surface area contributed by atoms with Gasteiger partial charge in [0, 0.05) is 5.54 Å². The van der Waals surface area contributed by atoms with Gasteiger partial charge in [-0.3, -0.25) is 4.79 Å². The summed E-state index contributed by atoms with van der Waals surface area (Å²) in [6, 6.07) is 10.4. The van der Waals surface area contributed by atoms with E-state index in [1.54, 1.807) is 0 Å². The second kappa shape index (κ2) is 6.89. The van der Waals surface area contributed by atoms with Gasteiger partial charge in [0.2, 0.25) is 5.91 Å². The van der Waals surface area contributed by atoms with Crippen molar-refractivity contribution >= 4 is 5.91 Å². The fourth-order valence-corrected chi connectivity index (χ4v) is 2.66. The number of rotatable bonds is 5. The van der Waals surface area contributed by atoms with Crippen molar-refractivity contribution in [2.75, 3.05) is 6.54 Å². The number of amides is 1. The van der Waals surface area contributed by atoms with E-state index in [1.807, 2.05) is 6.07 Å². The summed E-state index contributed by atoms with van der Waals surface area (Å²) in [4.78, 5) is 12.3. The summed E-state index contributed by atoms with van der Waals surface area (Å²) in [5.41, 5.74) is 1.16. The van der Waals surface area contributed by atoms with Crippen LogP contribution in [0.2, 0.25) is 0 Å². The molecule has 110 valence electrons. The maximum atomic E-state index is 12.3. The predicted molar refractivity (Wildman–Crippen MR) is 82.6 cm³/mol. The van der Waals surface area contributed by atoms with Crippen LogP contribution in [0.3, 0.4) is 0 Å². The molecule has 0 unspecified atom stereocenters. The second-order valence-electron chi connectivity index (χ2n) is 6.36. The van der Waals surface area contributed by atoms with Crippen molar-refractivity contribution in [3.8, 4) is 0 Å². The van der Waals surface area contributed by atoms with Crippen molar-refractivity contribution in [2.24, 2.45) is 0 Å². The quantitative estimate of drug-likeness (QED) is 0.866. The van der Waals surface area contributed by atoms with Gasteiger partial charge in [0.1, 0.15) is 0 Å². The van der Waals surface area contributed by atoms with Crippen LogP contribution in [-0.4, -0.2) is 24.0 Å². The normalized spacial score (nSPS) is 19.6. The van der Waals surface area contributed by atoms with Gasteiger partial charge < -0.3 is 10.6 Å². The first-order valence-corrected chi connectivity index (χ1v) is 7.66. The molecule has 20 heavy (non-hydrogen) atoms. The average Bonchev–Trinajstić information content (AvgIpc) is 2.47. The Morgan fingerprint density at radius 2 is 2.05 bits per heavy atom. The number of carbonyl (C=O) groups excluding carboxylic acids is 1. The maximum Gasteiger partial charge on any atom is 0.237 e. The number of hydrogen-bond acceptors (Lipinski definition) is 2. The summed E-state index contributed by atoms with van der Waals surface area (Å²) in [6.07, 6.45) is 5.24. The Morgan fingerprint density at radius 3 is 2.70 bits per heavy atom. The molecule has 0 aliphatic carbocycles. The first kappa shape index (κ1) is 15.0. The summed E-state index contributed by atoms with van der Waals surface area (Å²) in [5, 5.41) is 6.50. The Balaban J connectivity index is 1.82. The van der Waals surface area contributed by atoms with Gasteiger partial charge in [-0.05, 0) is 51.6 Å². The average molecular weight is 274 g/mol. The summed E-state index contributed by atoms with van der Waals surface area (Å²) in [6.45, 7) is 5.18. The van der Waals surface area contributed by atoms with Gasteiger partial charge in [-0.25, -0.2) is 0 Å². The molecule has 1 aliphatic rings. The lowest BCUT2D eigenvalue weighted by Gasteiger charge is -2.30. The molecule has 3 nitrogen and oxygen atoms in total. The van der Waals surface area contributed by atoms with Crippen LogP contribution in [0.4, 0.5) is 0 Å². The van der Waals surface area contributed by atoms with E-state index >= 15 is 0 Å². The van der Waals surface area contributed by atoms with Gasteiger partial charge in [0.15, 0.2) is 0 Å². The molecule has 1 aromatic rings. The van der Waals surface area contributed by atoms with Gasteiger partial charge in [-0.1, -0.05) is 36.8 Å². The van der Waals surface area contributed by atoms with E-state index in [2.05, 4.69) is 48.7 Å². The highest BCUT2D eigenvalue weighted by molar-refractivity contribution is 5.82. The molecule has 0 spiro atoms. The first-order valence-electron chi connectivity index (χ1n) is 7.66. The van der Waals surface area contributed by atoms with Crippen LogP contribution < -0.4 is 10.6 Å². The minimum absolute atomic E-state index is 0.000231. The molecular weight excluding hydrogens is 248 g/mol. The summed E-state index contributed by atoms with van der Waals surface area (Å²) in [7, 11) is 0. The molecular formula is C17H26N2O. The predicted octanol–water partition coefficient (Wildman–Crippen LogP) is 2.66. The van der Waals surface area contributed by atoms with Gasteiger partial charge in [-0.15, -0.1) is 0 Å². The highest BCUT2D eigenvalue weighted by Gasteiger charge is 2.26. The third-order valence-corrected chi connectivity index (χ3v) is 3.97. The van der Waals surface area contributed by atoms with Crippen LogP contribution in [0.5, 0.6) is 0 Å². The molecule has 2 rings (SSSR count). The summed E-state index contributed by atoms with van der Waals surface area (Å²) < 4.78 is 0. The molecule has 1 amide bonds. The summed E-state index contributed by atoms with van der Waals surface area (Å²) in [5.74, 6) is 0.155. The zero-order valence-corrected chi connectivity index (χ0v) is 12.6. The van der Waals surface area contributed by atoms with Crippen molar-refractivity contribution in [3.05, 3.63) is 35.9 Å². The fraction of sp³-hybridized carbons (Fsp3) is 0.588. The highest BCUT2D eigenvalue weighted by Crippen LogP contribution is 2.15. The zero-order chi connectivity index (χ0) is 14.4. The van der Waals surface area contributed by atoms with Gasteiger partial charge in [0.25, 0.3) is 0 Å². The highest BCUT2D eigenvalue weighted by atomic mass is 16.2. The Hall–Kier alpha value is -1.35. The number of carbonyl (C=O) groups is 1. The van der Waals surface area contributed by atoms with Crippen molar-refractivity contribution in [1.29, 1.82) is 0 Å². The molecule has 1 fully saturated rings. The van der Waals surface area contributed by atoms with Crippen molar-refractivity contribution < 1.29 is 4.79 Å². The molecule has 3 heteroatoms. The Labute approximate surface area is 122 Å². The topological polar surface area (TPSA) is 41.1 Å². The van der Waals surface area contributed by atoms with E-state index in [4.69, 9.17) is 0 Å². The van der Waals surface area contributed by atoms with Crippen LogP contribution in [0.25, 0.3) is 0 Å². The molecule has 1 saturated heterocycles. The van der Waals surface area contributed by atoms with E-state index in [9.17, 15) is 4.79 Å². The maximum absolute atomic E-state index is 12.3. The van der Waals surface area contributed by atoms with E-state index in [1.165, 1.54) is 12.0 Å². The minimum Gasteiger partial charge on any atom is -0.350 e. The zero-order valence-electron chi connectivity index (χ0n) is 12.6. The molecule has 0 bridgehead atoms. The van der Waals surface area contributed by atoms with E-state index in [-0.39, 0.29) is 17.5 Å². The summed E-state index contributed by atoms with van der Waals surface area (Å²) >= 11 is 0.